The van der Waals surface area contributed by atoms with Crippen molar-refractivity contribution >= 4 is 29.4 Å². The van der Waals surface area contributed by atoms with E-state index in [0.29, 0.717) is 5.02 Å². The molecule has 0 aliphatic rings. The number of ether oxygens (including phenoxy) is 1. The quantitative estimate of drug-likeness (QED) is 0.691. The van der Waals surface area contributed by atoms with E-state index in [4.69, 9.17) is 16.3 Å². The second kappa shape index (κ2) is 10.2. The van der Waals surface area contributed by atoms with Gasteiger partial charge in [0.25, 0.3) is 5.91 Å². The fourth-order valence-electron chi connectivity index (χ4n) is 2.11. The zero-order valence-electron chi connectivity index (χ0n) is 14.0. The fourth-order valence-corrected chi connectivity index (χ4v) is 2.32. The number of hydrogen-bond donors (Lipinski definition) is 2. The molecule has 26 heavy (non-hydrogen) atoms. The molecule has 7 heteroatoms. The SMILES string of the molecule is O=C(COC(=O)CNC(=O)Cc1ccccc1)NCc1cccc(Cl)c1. The van der Waals surface area contributed by atoms with Crippen molar-refractivity contribution in [2.75, 3.05) is 13.2 Å². The molecule has 0 aliphatic carbocycles. The molecule has 0 spiro atoms. The van der Waals surface area contributed by atoms with Gasteiger partial charge in [-0.2, -0.15) is 0 Å². The lowest BCUT2D eigenvalue weighted by atomic mass is 10.1. The highest BCUT2D eigenvalue weighted by Crippen LogP contribution is 2.10. The smallest absolute Gasteiger partial charge is 0.325 e. The summed E-state index contributed by atoms with van der Waals surface area (Å²) in [5.74, 6) is -1.41. The van der Waals surface area contributed by atoms with E-state index < -0.39 is 18.5 Å². The number of benzene rings is 2. The average Bonchev–Trinajstić information content (AvgIpc) is 2.64. The number of esters is 1. The van der Waals surface area contributed by atoms with E-state index in [0.717, 1.165) is 11.1 Å². The summed E-state index contributed by atoms with van der Waals surface area (Å²) in [6.07, 6.45) is 0.175. The molecule has 2 aromatic carbocycles. The summed E-state index contributed by atoms with van der Waals surface area (Å²) in [5.41, 5.74) is 1.68. The second-order valence-electron chi connectivity index (χ2n) is 5.51. The van der Waals surface area contributed by atoms with Gasteiger partial charge in [-0.3, -0.25) is 14.4 Å². The van der Waals surface area contributed by atoms with E-state index in [2.05, 4.69) is 10.6 Å². The Hall–Kier alpha value is -2.86. The summed E-state index contributed by atoms with van der Waals surface area (Å²) < 4.78 is 4.82. The predicted octanol–water partition coefficient (Wildman–Crippen LogP) is 1.86. The van der Waals surface area contributed by atoms with Crippen molar-refractivity contribution in [1.29, 1.82) is 0 Å². The number of carbonyl (C=O) groups excluding carboxylic acids is 3. The maximum absolute atomic E-state index is 11.7. The molecular weight excluding hydrogens is 356 g/mol. The first-order valence-corrected chi connectivity index (χ1v) is 8.38. The van der Waals surface area contributed by atoms with Crippen molar-refractivity contribution in [1.82, 2.24) is 10.6 Å². The zero-order chi connectivity index (χ0) is 18.8. The van der Waals surface area contributed by atoms with Crippen LogP contribution in [0.3, 0.4) is 0 Å². The minimum atomic E-state index is -0.677. The first-order valence-electron chi connectivity index (χ1n) is 8.00. The molecule has 0 aromatic heterocycles. The fraction of sp³-hybridized carbons (Fsp3) is 0.211. The molecular formula is C19H19ClN2O4. The highest BCUT2D eigenvalue weighted by atomic mass is 35.5. The van der Waals surface area contributed by atoms with Crippen LogP contribution in [0.2, 0.25) is 5.02 Å². The van der Waals surface area contributed by atoms with Gasteiger partial charge in [-0.15, -0.1) is 0 Å². The Morgan fingerprint density at radius 3 is 2.35 bits per heavy atom. The van der Waals surface area contributed by atoms with Crippen LogP contribution in [0.25, 0.3) is 0 Å². The first kappa shape index (κ1) is 19.5. The molecule has 0 saturated carbocycles. The maximum Gasteiger partial charge on any atom is 0.325 e. The molecule has 2 rings (SSSR count). The lowest BCUT2D eigenvalue weighted by molar-refractivity contribution is -0.148. The van der Waals surface area contributed by atoms with E-state index in [-0.39, 0.29) is 25.4 Å². The van der Waals surface area contributed by atoms with Crippen LogP contribution in [0.4, 0.5) is 0 Å². The van der Waals surface area contributed by atoms with Gasteiger partial charge >= 0.3 is 5.97 Å². The average molecular weight is 375 g/mol. The Morgan fingerprint density at radius 2 is 1.62 bits per heavy atom. The lowest BCUT2D eigenvalue weighted by Crippen LogP contribution is -2.34. The summed E-state index contributed by atoms with van der Waals surface area (Å²) in [7, 11) is 0. The minimum absolute atomic E-state index is 0.175. The maximum atomic E-state index is 11.7. The Balaban J connectivity index is 1.62. The molecule has 0 radical (unpaired) electrons. The number of amides is 2. The number of nitrogens with one attached hydrogen (secondary N) is 2. The van der Waals surface area contributed by atoms with Gasteiger partial charge in [-0.25, -0.2) is 0 Å². The van der Waals surface area contributed by atoms with Crippen LogP contribution in [-0.4, -0.2) is 30.9 Å². The first-order chi connectivity index (χ1) is 12.5. The molecule has 2 aromatic rings. The van der Waals surface area contributed by atoms with Crippen molar-refractivity contribution < 1.29 is 19.1 Å². The van der Waals surface area contributed by atoms with E-state index >= 15 is 0 Å². The highest BCUT2D eigenvalue weighted by Gasteiger charge is 2.10. The van der Waals surface area contributed by atoms with E-state index in [1.165, 1.54) is 0 Å². The number of hydrogen-bond acceptors (Lipinski definition) is 4. The van der Waals surface area contributed by atoms with Crippen LogP contribution in [0, 0.1) is 0 Å². The summed E-state index contributed by atoms with van der Waals surface area (Å²) in [5, 5.41) is 5.65. The zero-order valence-corrected chi connectivity index (χ0v) is 14.8. The molecule has 0 aliphatic heterocycles. The summed E-state index contributed by atoms with van der Waals surface area (Å²) >= 11 is 5.86. The van der Waals surface area contributed by atoms with Crippen LogP contribution < -0.4 is 10.6 Å². The predicted molar refractivity (Wildman–Crippen MR) is 97.4 cm³/mol. The Morgan fingerprint density at radius 1 is 0.885 bits per heavy atom. The monoisotopic (exact) mass is 374 g/mol. The molecule has 0 bridgehead atoms. The van der Waals surface area contributed by atoms with Gasteiger partial charge < -0.3 is 15.4 Å². The molecule has 0 heterocycles. The van der Waals surface area contributed by atoms with E-state index in [1.807, 2.05) is 36.4 Å². The minimum Gasteiger partial charge on any atom is -0.454 e. The molecule has 0 fully saturated rings. The molecule has 0 unspecified atom stereocenters. The largest absolute Gasteiger partial charge is 0.454 e. The van der Waals surface area contributed by atoms with Gasteiger partial charge in [-0.05, 0) is 23.3 Å². The molecule has 6 nitrogen and oxygen atoms in total. The molecule has 0 saturated heterocycles. The summed E-state index contributed by atoms with van der Waals surface area (Å²) in [4.78, 5) is 35.0. The third-order valence-electron chi connectivity index (χ3n) is 3.38. The van der Waals surface area contributed by atoms with Gasteiger partial charge in [-0.1, -0.05) is 54.1 Å². The highest BCUT2D eigenvalue weighted by molar-refractivity contribution is 6.30. The van der Waals surface area contributed by atoms with Crippen molar-refractivity contribution in [3.8, 4) is 0 Å². The van der Waals surface area contributed by atoms with Crippen molar-refractivity contribution in [2.24, 2.45) is 0 Å². The van der Waals surface area contributed by atoms with E-state index in [9.17, 15) is 14.4 Å². The molecule has 0 atom stereocenters. The van der Waals surface area contributed by atoms with Gasteiger partial charge in [0, 0.05) is 11.6 Å². The van der Waals surface area contributed by atoms with Crippen molar-refractivity contribution in [3.05, 3.63) is 70.7 Å². The van der Waals surface area contributed by atoms with E-state index in [1.54, 1.807) is 18.2 Å². The molecule has 2 N–H and O–H groups in total. The number of rotatable bonds is 8. The molecule has 136 valence electrons. The topological polar surface area (TPSA) is 84.5 Å². The second-order valence-corrected chi connectivity index (χ2v) is 5.94. The van der Waals surface area contributed by atoms with Crippen LogP contribution in [0.15, 0.2) is 54.6 Å². The van der Waals surface area contributed by atoms with Crippen molar-refractivity contribution in [2.45, 2.75) is 13.0 Å². The standard InChI is InChI=1S/C19H19ClN2O4/c20-16-8-4-7-15(9-16)11-21-18(24)13-26-19(25)12-22-17(23)10-14-5-2-1-3-6-14/h1-9H,10-13H2,(H,21,24)(H,22,23). The van der Waals surface area contributed by atoms with Crippen LogP contribution in [0.1, 0.15) is 11.1 Å². The Labute approximate surface area is 156 Å². The number of halogens is 1. The van der Waals surface area contributed by atoms with Crippen LogP contribution in [-0.2, 0) is 32.1 Å². The Bertz CT molecular complexity index is 765. The van der Waals surface area contributed by atoms with Gasteiger partial charge in [0.1, 0.15) is 6.54 Å². The van der Waals surface area contributed by atoms with Crippen LogP contribution in [0.5, 0.6) is 0 Å². The third-order valence-corrected chi connectivity index (χ3v) is 3.62. The number of carbonyl (C=O) groups is 3. The van der Waals surface area contributed by atoms with Crippen molar-refractivity contribution in [3.63, 3.8) is 0 Å². The van der Waals surface area contributed by atoms with Crippen LogP contribution >= 0.6 is 11.6 Å². The molecule has 2 amide bonds. The summed E-state index contributed by atoms with van der Waals surface area (Å²) in [6.45, 7) is -0.411. The summed E-state index contributed by atoms with van der Waals surface area (Å²) in [6, 6.07) is 16.2. The third kappa shape index (κ3) is 7.36. The van der Waals surface area contributed by atoms with Gasteiger partial charge in [0.2, 0.25) is 5.91 Å². The lowest BCUT2D eigenvalue weighted by Gasteiger charge is -2.08. The van der Waals surface area contributed by atoms with Gasteiger partial charge in [0.15, 0.2) is 6.61 Å². The Kier molecular flexibility index (Phi) is 7.64. The van der Waals surface area contributed by atoms with Gasteiger partial charge in [0.05, 0.1) is 6.42 Å². The normalized spacial score (nSPS) is 10.0.